The molecule has 2 N–H and O–H groups in total. The molecule has 0 spiro atoms. The molecule has 1 aliphatic rings. The number of nitrogens with one attached hydrogen (secondary N) is 2. The maximum absolute atomic E-state index is 13.3. The van der Waals surface area contributed by atoms with Crippen LogP contribution in [0.2, 0.25) is 0 Å². The Bertz CT molecular complexity index is 456. The lowest BCUT2D eigenvalue weighted by Crippen LogP contribution is -2.64. The van der Waals surface area contributed by atoms with Crippen molar-refractivity contribution in [2.75, 3.05) is 7.11 Å². The van der Waals surface area contributed by atoms with Crippen molar-refractivity contribution in [2.24, 2.45) is 5.41 Å². The predicted octanol–water partition coefficient (Wildman–Crippen LogP) is 1.87. The van der Waals surface area contributed by atoms with Crippen molar-refractivity contribution < 1.29 is 13.9 Å². The molecule has 0 aromatic carbocycles. The van der Waals surface area contributed by atoms with Gasteiger partial charge >= 0.3 is 0 Å². The van der Waals surface area contributed by atoms with Crippen LogP contribution in [0.4, 0.5) is 4.39 Å². The van der Waals surface area contributed by atoms with Crippen molar-refractivity contribution in [3.05, 3.63) is 17.7 Å². The summed E-state index contributed by atoms with van der Waals surface area (Å²) in [6.45, 7) is 4.18. The molecule has 1 fully saturated rings. The SMILES string of the molecule is CCC1(CC)C(NC(=O)c2[nH]ncc2F)CC1OC. The Labute approximate surface area is 111 Å². The summed E-state index contributed by atoms with van der Waals surface area (Å²) in [7, 11) is 1.69. The van der Waals surface area contributed by atoms with Gasteiger partial charge in [-0.25, -0.2) is 4.39 Å². The molecule has 0 saturated heterocycles. The van der Waals surface area contributed by atoms with E-state index in [9.17, 15) is 9.18 Å². The minimum atomic E-state index is -0.626. The summed E-state index contributed by atoms with van der Waals surface area (Å²) in [6.07, 6.45) is 3.75. The molecule has 1 aliphatic carbocycles. The number of nitrogens with zero attached hydrogens (tertiary/aromatic N) is 1. The zero-order valence-corrected chi connectivity index (χ0v) is 11.5. The minimum absolute atomic E-state index is 0.0163. The first-order chi connectivity index (χ1) is 9.08. The number of hydrogen-bond acceptors (Lipinski definition) is 3. The van der Waals surface area contributed by atoms with Gasteiger partial charge in [-0.2, -0.15) is 5.10 Å². The van der Waals surface area contributed by atoms with Crippen LogP contribution in [0.5, 0.6) is 0 Å². The van der Waals surface area contributed by atoms with Gasteiger partial charge in [0.15, 0.2) is 11.5 Å². The molecular formula is C13H20FN3O2. The lowest BCUT2D eigenvalue weighted by molar-refractivity contribution is -0.120. The van der Waals surface area contributed by atoms with Crippen molar-refractivity contribution >= 4 is 5.91 Å². The van der Waals surface area contributed by atoms with Crippen LogP contribution in [0.1, 0.15) is 43.6 Å². The quantitative estimate of drug-likeness (QED) is 0.857. The molecule has 106 valence electrons. The van der Waals surface area contributed by atoms with Gasteiger partial charge in [-0.15, -0.1) is 0 Å². The number of halogens is 1. The number of carbonyl (C=O) groups excluding carboxylic acids is 1. The Balaban J connectivity index is 2.08. The number of methoxy groups -OCH3 is 1. The fraction of sp³-hybridized carbons (Fsp3) is 0.692. The lowest BCUT2D eigenvalue weighted by atomic mass is 9.58. The zero-order chi connectivity index (χ0) is 14.0. The normalized spacial score (nSPS) is 24.8. The third-order valence-electron chi connectivity index (χ3n) is 4.51. The molecule has 19 heavy (non-hydrogen) atoms. The van der Waals surface area contributed by atoms with Crippen molar-refractivity contribution in [3.63, 3.8) is 0 Å². The number of carbonyl (C=O) groups is 1. The summed E-state index contributed by atoms with van der Waals surface area (Å²) in [5, 5.41) is 8.78. The van der Waals surface area contributed by atoms with E-state index in [4.69, 9.17) is 4.74 Å². The summed E-state index contributed by atoms with van der Waals surface area (Å²) in [4.78, 5) is 12.0. The second kappa shape index (κ2) is 5.28. The van der Waals surface area contributed by atoms with Gasteiger partial charge in [0.2, 0.25) is 0 Å². The third-order valence-corrected chi connectivity index (χ3v) is 4.51. The molecule has 2 atom stereocenters. The van der Waals surface area contributed by atoms with Gasteiger partial charge in [-0.3, -0.25) is 9.89 Å². The summed E-state index contributed by atoms with van der Waals surface area (Å²) >= 11 is 0. The topological polar surface area (TPSA) is 67.0 Å². The van der Waals surface area contributed by atoms with Crippen LogP contribution in [-0.2, 0) is 4.74 Å². The molecule has 5 nitrogen and oxygen atoms in total. The minimum Gasteiger partial charge on any atom is -0.381 e. The zero-order valence-electron chi connectivity index (χ0n) is 11.5. The van der Waals surface area contributed by atoms with Gasteiger partial charge in [0.05, 0.1) is 12.3 Å². The Morgan fingerprint density at radius 3 is 2.79 bits per heavy atom. The fourth-order valence-electron chi connectivity index (χ4n) is 3.14. The van der Waals surface area contributed by atoms with Crippen molar-refractivity contribution in [2.45, 2.75) is 45.3 Å². The van der Waals surface area contributed by atoms with Gasteiger partial charge in [-0.1, -0.05) is 13.8 Å². The lowest BCUT2D eigenvalue weighted by Gasteiger charge is -2.55. The summed E-state index contributed by atoms with van der Waals surface area (Å²) in [5.74, 6) is -1.07. The van der Waals surface area contributed by atoms with Crippen LogP contribution in [-0.4, -0.2) is 35.4 Å². The Kier molecular flexibility index (Phi) is 3.89. The van der Waals surface area contributed by atoms with Crippen LogP contribution in [0.25, 0.3) is 0 Å². The molecular weight excluding hydrogens is 249 g/mol. The van der Waals surface area contributed by atoms with E-state index < -0.39 is 11.7 Å². The molecule has 1 amide bonds. The number of aromatic amines is 1. The predicted molar refractivity (Wildman–Crippen MR) is 68.2 cm³/mol. The molecule has 1 saturated carbocycles. The van der Waals surface area contributed by atoms with Crippen LogP contribution < -0.4 is 5.32 Å². The van der Waals surface area contributed by atoms with Crippen molar-refractivity contribution in [3.8, 4) is 0 Å². The Morgan fingerprint density at radius 2 is 2.32 bits per heavy atom. The number of ether oxygens (including phenoxy) is 1. The first kappa shape index (κ1) is 14.0. The second-order valence-electron chi connectivity index (χ2n) is 5.02. The van der Waals surface area contributed by atoms with E-state index >= 15 is 0 Å². The van der Waals surface area contributed by atoms with E-state index in [1.54, 1.807) is 7.11 Å². The molecule has 1 aromatic heterocycles. The van der Waals surface area contributed by atoms with Crippen LogP contribution >= 0.6 is 0 Å². The summed E-state index contributed by atoms with van der Waals surface area (Å²) in [6, 6.07) is 0.0163. The molecule has 0 aliphatic heterocycles. The van der Waals surface area contributed by atoms with E-state index in [0.29, 0.717) is 0 Å². The van der Waals surface area contributed by atoms with E-state index in [2.05, 4.69) is 29.4 Å². The van der Waals surface area contributed by atoms with Gasteiger partial charge in [-0.05, 0) is 19.3 Å². The average molecular weight is 269 g/mol. The molecule has 6 heteroatoms. The molecule has 2 rings (SSSR count). The van der Waals surface area contributed by atoms with Crippen molar-refractivity contribution in [1.29, 1.82) is 0 Å². The maximum Gasteiger partial charge on any atom is 0.272 e. The summed E-state index contributed by atoms with van der Waals surface area (Å²) < 4.78 is 18.8. The molecule has 0 bridgehead atoms. The number of H-pyrrole nitrogens is 1. The number of rotatable bonds is 5. The number of aromatic nitrogens is 2. The van der Waals surface area contributed by atoms with E-state index in [0.717, 1.165) is 25.5 Å². The second-order valence-corrected chi connectivity index (χ2v) is 5.02. The highest BCUT2D eigenvalue weighted by atomic mass is 19.1. The highest BCUT2D eigenvalue weighted by Gasteiger charge is 2.53. The largest absolute Gasteiger partial charge is 0.381 e. The highest BCUT2D eigenvalue weighted by molar-refractivity contribution is 5.92. The third kappa shape index (κ3) is 2.14. The van der Waals surface area contributed by atoms with Crippen LogP contribution in [0.15, 0.2) is 6.20 Å². The first-order valence-corrected chi connectivity index (χ1v) is 6.61. The maximum atomic E-state index is 13.3. The van der Waals surface area contributed by atoms with E-state index in [1.165, 1.54) is 0 Å². The highest BCUT2D eigenvalue weighted by Crippen LogP contribution is 2.48. The summed E-state index contributed by atoms with van der Waals surface area (Å²) in [5.41, 5.74) is -0.164. The van der Waals surface area contributed by atoms with Gasteiger partial charge in [0.1, 0.15) is 0 Å². The van der Waals surface area contributed by atoms with Gasteiger partial charge in [0.25, 0.3) is 5.91 Å². The van der Waals surface area contributed by atoms with E-state index in [-0.39, 0.29) is 23.3 Å². The Morgan fingerprint density at radius 1 is 1.63 bits per heavy atom. The Hall–Kier alpha value is -1.43. The number of amides is 1. The standard InChI is InChI=1S/C13H20FN3O2/c1-4-13(5-2)9(6-10(13)19-3)16-12(18)11-8(14)7-15-17-11/h7,9-10H,4-6H2,1-3H3,(H,15,17)(H,16,18). The van der Waals surface area contributed by atoms with Crippen LogP contribution in [0.3, 0.4) is 0 Å². The molecule has 1 heterocycles. The van der Waals surface area contributed by atoms with E-state index in [1.807, 2.05) is 0 Å². The molecule has 0 radical (unpaired) electrons. The molecule has 1 aromatic rings. The smallest absolute Gasteiger partial charge is 0.272 e. The van der Waals surface area contributed by atoms with Crippen LogP contribution in [0, 0.1) is 11.2 Å². The number of hydrogen-bond donors (Lipinski definition) is 2. The van der Waals surface area contributed by atoms with Gasteiger partial charge in [0, 0.05) is 18.6 Å². The van der Waals surface area contributed by atoms with Gasteiger partial charge < -0.3 is 10.1 Å². The average Bonchev–Trinajstić information content (AvgIpc) is 2.82. The monoisotopic (exact) mass is 269 g/mol. The molecule has 2 unspecified atom stereocenters. The fourth-order valence-corrected chi connectivity index (χ4v) is 3.14. The first-order valence-electron chi connectivity index (χ1n) is 6.61. The van der Waals surface area contributed by atoms with Crippen molar-refractivity contribution in [1.82, 2.24) is 15.5 Å².